The van der Waals surface area contributed by atoms with E-state index in [2.05, 4.69) is 5.32 Å². The van der Waals surface area contributed by atoms with Gasteiger partial charge in [0.1, 0.15) is 6.04 Å². The fourth-order valence-corrected chi connectivity index (χ4v) is 3.18. The van der Waals surface area contributed by atoms with Gasteiger partial charge < -0.3 is 10.2 Å². The van der Waals surface area contributed by atoms with Crippen LogP contribution in [0, 0.1) is 13.8 Å². The molecular weight excluding hydrogens is 372 g/mol. The maximum Gasteiger partial charge on any atom is 0.242 e. The van der Waals surface area contributed by atoms with Crippen molar-refractivity contribution in [1.82, 2.24) is 10.2 Å². The van der Waals surface area contributed by atoms with Gasteiger partial charge in [-0.1, -0.05) is 48.0 Å². The van der Waals surface area contributed by atoms with E-state index in [1.165, 1.54) is 5.56 Å². The number of aryl methyl sites for hydroxylation is 2. The summed E-state index contributed by atoms with van der Waals surface area (Å²) in [6.45, 7) is 9.93. The Morgan fingerprint density at radius 1 is 1.04 bits per heavy atom. The molecule has 0 bridgehead atoms. The average molecular weight is 401 g/mol. The summed E-state index contributed by atoms with van der Waals surface area (Å²) in [5.41, 5.74) is 4.10. The van der Waals surface area contributed by atoms with Crippen LogP contribution in [0.1, 0.15) is 43.0 Å². The van der Waals surface area contributed by atoms with E-state index in [0.717, 1.165) is 16.7 Å². The molecule has 5 heteroatoms. The molecule has 0 aromatic heterocycles. The van der Waals surface area contributed by atoms with Gasteiger partial charge in [0.25, 0.3) is 0 Å². The number of halogens is 1. The number of hydrogen-bond donors (Lipinski definition) is 1. The molecule has 0 radical (unpaired) electrons. The molecule has 2 aromatic rings. The van der Waals surface area contributed by atoms with Crippen molar-refractivity contribution >= 4 is 23.4 Å². The zero-order valence-corrected chi connectivity index (χ0v) is 18.0. The first kappa shape index (κ1) is 22.0. The van der Waals surface area contributed by atoms with Crippen LogP contribution in [0.5, 0.6) is 0 Å². The van der Waals surface area contributed by atoms with Crippen LogP contribution < -0.4 is 5.32 Å². The third-order valence-electron chi connectivity index (χ3n) is 4.82. The van der Waals surface area contributed by atoms with Gasteiger partial charge >= 0.3 is 0 Å². The number of carbonyl (C=O) groups excluding carboxylic acids is 2. The van der Waals surface area contributed by atoms with Gasteiger partial charge in [0.2, 0.25) is 11.8 Å². The fraction of sp³-hybridized carbons (Fsp3) is 0.391. The highest BCUT2D eigenvalue weighted by atomic mass is 35.5. The molecule has 0 unspecified atom stereocenters. The Balaban J connectivity index is 2.27. The summed E-state index contributed by atoms with van der Waals surface area (Å²) in [4.78, 5) is 27.4. The second kappa shape index (κ2) is 9.74. The molecule has 0 saturated heterocycles. The first-order valence-corrected chi connectivity index (χ1v) is 9.96. The number of nitrogens with one attached hydrogen (secondary N) is 1. The molecule has 0 spiro atoms. The molecule has 0 aliphatic rings. The first-order chi connectivity index (χ1) is 13.2. The second-order valence-corrected chi connectivity index (χ2v) is 7.95. The van der Waals surface area contributed by atoms with Gasteiger partial charge in [0.05, 0.1) is 6.42 Å². The molecule has 2 amide bonds. The summed E-state index contributed by atoms with van der Waals surface area (Å²) in [6.07, 6.45) is 0.241. The second-order valence-electron chi connectivity index (χ2n) is 7.55. The molecule has 1 atom stereocenters. The summed E-state index contributed by atoms with van der Waals surface area (Å²) in [5, 5.41) is 3.48. The fourth-order valence-electron chi connectivity index (χ4n) is 2.99. The summed E-state index contributed by atoms with van der Waals surface area (Å²) < 4.78 is 0. The summed E-state index contributed by atoms with van der Waals surface area (Å²) in [5.74, 6) is -0.273. The maximum atomic E-state index is 13.2. The molecule has 4 nitrogen and oxygen atoms in total. The van der Waals surface area contributed by atoms with E-state index in [9.17, 15) is 9.59 Å². The first-order valence-electron chi connectivity index (χ1n) is 9.58. The number of amides is 2. The standard InChI is InChI=1S/C23H29ClN2O2/c1-15(2)25-23(28)18(5)26(14-20-8-6-7-9-21(20)24)22(27)13-19-11-10-16(3)17(4)12-19/h6-12,15,18H,13-14H2,1-5H3,(H,25,28)/t18-/m1/s1. The normalized spacial score (nSPS) is 12.0. The smallest absolute Gasteiger partial charge is 0.242 e. The van der Waals surface area contributed by atoms with Crippen molar-refractivity contribution in [3.05, 3.63) is 69.7 Å². The minimum absolute atomic E-state index is 0.00645. The number of nitrogens with zero attached hydrogens (tertiary/aromatic N) is 1. The van der Waals surface area contributed by atoms with E-state index in [1.54, 1.807) is 17.9 Å². The van der Waals surface area contributed by atoms with Crippen molar-refractivity contribution in [2.24, 2.45) is 0 Å². The minimum Gasteiger partial charge on any atom is -0.352 e. The van der Waals surface area contributed by atoms with Crippen molar-refractivity contribution in [3.63, 3.8) is 0 Å². The van der Waals surface area contributed by atoms with Crippen LogP contribution in [0.2, 0.25) is 5.02 Å². The number of benzene rings is 2. The summed E-state index contributed by atoms with van der Waals surface area (Å²) in [7, 11) is 0. The predicted octanol–water partition coefficient (Wildman–Crippen LogP) is 4.44. The third kappa shape index (κ3) is 5.83. The topological polar surface area (TPSA) is 49.4 Å². The number of carbonyl (C=O) groups is 2. The van der Waals surface area contributed by atoms with Crippen LogP contribution in [0.3, 0.4) is 0 Å². The van der Waals surface area contributed by atoms with Gasteiger partial charge in [0, 0.05) is 17.6 Å². The molecule has 0 aliphatic carbocycles. The van der Waals surface area contributed by atoms with Gasteiger partial charge in [-0.3, -0.25) is 9.59 Å². The Kier molecular flexibility index (Phi) is 7.64. The maximum absolute atomic E-state index is 13.2. The van der Waals surface area contributed by atoms with Gasteiger partial charge in [-0.05, 0) is 62.9 Å². The van der Waals surface area contributed by atoms with Crippen molar-refractivity contribution in [2.45, 2.75) is 59.7 Å². The zero-order chi connectivity index (χ0) is 20.8. The summed E-state index contributed by atoms with van der Waals surface area (Å²) in [6, 6.07) is 12.8. The molecule has 150 valence electrons. The molecule has 0 saturated carbocycles. The molecule has 0 heterocycles. The predicted molar refractivity (Wildman–Crippen MR) is 114 cm³/mol. The highest BCUT2D eigenvalue weighted by Gasteiger charge is 2.27. The molecule has 1 N–H and O–H groups in total. The lowest BCUT2D eigenvalue weighted by molar-refractivity contribution is -0.140. The van der Waals surface area contributed by atoms with Crippen molar-refractivity contribution in [2.75, 3.05) is 0 Å². The molecular formula is C23H29ClN2O2. The van der Waals surface area contributed by atoms with Gasteiger partial charge in [-0.25, -0.2) is 0 Å². The van der Waals surface area contributed by atoms with Crippen LogP contribution in [0.4, 0.5) is 0 Å². The quantitative estimate of drug-likeness (QED) is 0.746. The van der Waals surface area contributed by atoms with Crippen molar-refractivity contribution in [3.8, 4) is 0 Å². The highest BCUT2D eigenvalue weighted by molar-refractivity contribution is 6.31. The lowest BCUT2D eigenvalue weighted by atomic mass is 10.0. The van der Waals surface area contributed by atoms with Gasteiger partial charge in [0.15, 0.2) is 0 Å². The Hall–Kier alpha value is -2.33. The third-order valence-corrected chi connectivity index (χ3v) is 5.19. The molecule has 28 heavy (non-hydrogen) atoms. The lowest BCUT2D eigenvalue weighted by Gasteiger charge is -2.30. The van der Waals surface area contributed by atoms with E-state index < -0.39 is 6.04 Å². The van der Waals surface area contributed by atoms with Crippen LogP contribution in [0.15, 0.2) is 42.5 Å². The highest BCUT2D eigenvalue weighted by Crippen LogP contribution is 2.20. The Labute approximate surface area is 172 Å². The SMILES string of the molecule is Cc1ccc(CC(=O)N(Cc2ccccc2Cl)[C@H](C)C(=O)NC(C)C)cc1C. The van der Waals surface area contributed by atoms with E-state index >= 15 is 0 Å². The Morgan fingerprint density at radius 3 is 2.32 bits per heavy atom. The summed E-state index contributed by atoms with van der Waals surface area (Å²) >= 11 is 6.30. The lowest BCUT2D eigenvalue weighted by Crippen LogP contribution is -2.49. The van der Waals surface area contributed by atoms with E-state index in [-0.39, 0.29) is 30.8 Å². The van der Waals surface area contributed by atoms with E-state index in [4.69, 9.17) is 11.6 Å². The van der Waals surface area contributed by atoms with Crippen LogP contribution in [0.25, 0.3) is 0 Å². The van der Waals surface area contributed by atoms with E-state index in [0.29, 0.717) is 5.02 Å². The van der Waals surface area contributed by atoms with Crippen LogP contribution in [-0.2, 0) is 22.6 Å². The van der Waals surface area contributed by atoms with Crippen molar-refractivity contribution in [1.29, 1.82) is 0 Å². The van der Waals surface area contributed by atoms with E-state index in [1.807, 2.05) is 64.1 Å². The van der Waals surface area contributed by atoms with Crippen molar-refractivity contribution < 1.29 is 9.59 Å². The number of rotatable bonds is 7. The largest absolute Gasteiger partial charge is 0.352 e. The van der Waals surface area contributed by atoms with Crippen LogP contribution in [-0.4, -0.2) is 28.8 Å². The average Bonchev–Trinajstić information content (AvgIpc) is 2.63. The monoisotopic (exact) mass is 400 g/mol. The Bertz CT molecular complexity index is 848. The van der Waals surface area contributed by atoms with Gasteiger partial charge in [-0.2, -0.15) is 0 Å². The Morgan fingerprint density at radius 2 is 1.71 bits per heavy atom. The number of hydrogen-bond acceptors (Lipinski definition) is 2. The van der Waals surface area contributed by atoms with Crippen LogP contribution >= 0.6 is 11.6 Å². The molecule has 2 rings (SSSR count). The molecule has 0 fully saturated rings. The minimum atomic E-state index is -0.599. The molecule has 0 aliphatic heterocycles. The molecule has 2 aromatic carbocycles. The zero-order valence-electron chi connectivity index (χ0n) is 17.3. The van der Waals surface area contributed by atoms with Gasteiger partial charge in [-0.15, -0.1) is 0 Å².